The van der Waals surface area contributed by atoms with E-state index in [4.69, 9.17) is 19.2 Å². The molecule has 1 aliphatic heterocycles. The first-order valence-corrected chi connectivity index (χ1v) is 24.5. The molecule has 2 heterocycles. The van der Waals surface area contributed by atoms with E-state index >= 15 is 0 Å². The molecule has 0 saturated heterocycles. The number of aromatic nitrogens is 2. The number of methoxy groups -OCH3 is 1. The highest BCUT2D eigenvalue weighted by Gasteiger charge is 2.41. The van der Waals surface area contributed by atoms with E-state index in [1.807, 2.05) is 42.5 Å². The van der Waals surface area contributed by atoms with Crippen LogP contribution in [0.4, 0.5) is 11.4 Å². The normalized spacial score (nSPS) is 13.9. The quantitative estimate of drug-likeness (QED) is 0.0564. The van der Waals surface area contributed by atoms with E-state index in [1.165, 1.54) is 86.0 Å². The second kappa shape index (κ2) is 24.7. The van der Waals surface area contributed by atoms with Gasteiger partial charge in [0.25, 0.3) is 15.9 Å². The van der Waals surface area contributed by atoms with Crippen LogP contribution in [0.15, 0.2) is 95.1 Å². The number of carbonyl (C=O) groups excluding carboxylic acids is 1. The number of ether oxygens (including phenoxy) is 3. The predicted octanol–water partition coefficient (Wildman–Crippen LogP) is 12.2. The van der Waals surface area contributed by atoms with Gasteiger partial charge in [0.05, 0.1) is 31.7 Å². The molecule has 1 amide bonds. The van der Waals surface area contributed by atoms with Gasteiger partial charge in [-0.15, -0.1) is 0 Å². The van der Waals surface area contributed by atoms with Crippen molar-refractivity contribution in [2.24, 2.45) is 4.99 Å². The Labute approximate surface area is 371 Å². The van der Waals surface area contributed by atoms with Crippen molar-refractivity contribution in [1.82, 2.24) is 14.1 Å². The zero-order chi connectivity index (χ0) is 44.2. The van der Waals surface area contributed by atoms with Crippen molar-refractivity contribution in [3.8, 4) is 17.2 Å². The number of amidine groups is 1. The van der Waals surface area contributed by atoms with Crippen LogP contribution in [0.25, 0.3) is 0 Å². The van der Waals surface area contributed by atoms with Crippen LogP contribution in [0.1, 0.15) is 148 Å². The second-order valence-corrected chi connectivity index (χ2v) is 19.2. The van der Waals surface area contributed by atoms with E-state index in [2.05, 4.69) is 38.1 Å². The maximum atomic E-state index is 14.7. The maximum Gasteiger partial charge on any atom is 0.267 e. The van der Waals surface area contributed by atoms with Crippen molar-refractivity contribution < 1.29 is 27.4 Å². The lowest BCUT2D eigenvalue weighted by molar-refractivity contribution is -0.117. The van der Waals surface area contributed by atoms with Crippen LogP contribution < -0.4 is 19.5 Å². The Morgan fingerprint density at radius 2 is 1.32 bits per heavy atom. The van der Waals surface area contributed by atoms with Crippen LogP contribution >= 0.6 is 0 Å². The third-order valence-electron chi connectivity index (χ3n) is 11.4. The fourth-order valence-corrected chi connectivity index (χ4v) is 9.36. The molecule has 1 atom stereocenters. The average Bonchev–Trinajstić information content (AvgIpc) is 3.79. The maximum absolute atomic E-state index is 14.7. The van der Waals surface area contributed by atoms with Crippen LogP contribution in [0.3, 0.4) is 0 Å². The largest absolute Gasteiger partial charge is 0.497 e. The number of hydrogen-bond donors (Lipinski definition) is 1. The van der Waals surface area contributed by atoms with Crippen molar-refractivity contribution in [2.45, 2.75) is 153 Å². The van der Waals surface area contributed by atoms with E-state index in [0.29, 0.717) is 43.2 Å². The second-order valence-electron chi connectivity index (χ2n) is 17.4. The molecule has 0 aliphatic carbocycles. The number of benzene rings is 3. The first kappa shape index (κ1) is 48.2. The topological polar surface area (TPSA) is 124 Å². The Morgan fingerprint density at radius 3 is 1.92 bits per heavy atom. The number of sulfonamides is 1. The minimum atomic E-state index is -4.03. The molecule has 1 aromatic heterocycles. The summed E-state index contributed by atoms with van der Waals surface area (Å²) < 4.78 is 49.0. The van der Waals surface area contributed by atoms with Crippen LogP contribution in [0.5, 0.6) is 17.2 Å². The van der Waals surface area contributed by atoms with Gasteiger partial charge in [-0.3, -0.25) is 13.8 Å². The Balaban J connectivity index is 1.24. The van der Waals surface area contributed by atoms with Gasteiger partial charge in [0.1, 0.15) is 22.1 Å². The standard InChI is InChI=1S/C50H71N5O6S/c1-6-7-8-9-10-11-12-13-14-15-16-17-18-19-20-23-36-55-48(52-43-26-21-22-27-46(43)62(55,57)58)47(54-35-24-34-51-54)49(56)53-44-39-40(50(2,3)4)28-33-45(44)61-38-25-37-60-42-31-29-41(59-5)30-32-42/h21-22,24,26-35,39,47H,6-20,23,25,36-38H2,1-5H3,(H,53,56). The number of carbonyl (C=O) groups is 1. The van der Waals surface area contributed by atoms with E-state index in [-0.39, 0.29) is 22.7 Å². The molecule has 12 heteroatoms. The van der Waals surface area contributed by atoms with Crippen molar-refractivity contribution in [3.63, 3.8) is 0 Å². The first-order valence-electron chi connectivity index (χ1n) is 23.1. The molecule has 4 aromatic rings. The number of anilines is 1. The molecule has 0 spiro atoms. The van der Waals surface area contributed by atoms with Gasteiger partial charge in [0.2, 0.25) is 0 Å². The SMILES string of the molecule is CCCCCCCCCCCCCCCCCCN1C(C(C(=O)Nc2cc(C(C)(C)C)ccc2OCCCOc2ccc(OC)cc2)n2cccn2)=Nc2ccccc2S1(=O)=O. The van der Waals surface area contributed by atoms with Gasteiger partial charge < -0.3 is 19.5 Å². The number of nitrogens with zero attached hydrogens (tertiary/aromatic N) is 4. The third kappa shape index (κ3) is 14.4. The minimum absolute atomic E-state index is 0.107. The predicted molar refractivity (Wildman–Crippen MR) is 251 cm³/mol. The molecule has 1 unspecified atom stereocenters. The number of para-hydroxylation sites is 1. The summed E-state index contributed by atoms with van der Waals surface area (Å²) in [6, 6.07) is 20.4. The number of fused-ring (bicyclic) bond motifs is 1. The molecular formula is C50H71N5O6S. The lowest BCUT2D eigenvalue weighted by atomic mass is 9.87. The average molecular weight is 870 g/mol. The summed E-state index contributed by atoms with van der Waals surface area (Å²) in [7, 11) is -2.41. The third-order valence-corrected chi connectivity index (χ3v) is 13.2. The molecule has 0 bridgehead atoms. The fourth-order valence-electron chi connectivity index (χ4n) is 7.74. The van der Waals surface area contributed by atoms with Gasteiger partial charge >= 0.3 is 0 Å². The Kier molecular flexibility index (Phi) is 19.2. The number of aliphatic imine (C=N–C) groups is 1. The molecule has 5 rings (SSSR count). The molecule has 0 radical (unpaired) electrons. The number of amides is 1. The number of rotatable bonds is 28. The monoisotopic (exact) mass is 870 g/mol. The van der Waals surface area contributed by atoms with Crippen LogP contribution in [-0.2, 0) is 20.2 Å². The highest BCUT2D eigenvalue weighted by Crippen LogP contribution is 2.37. The molecular weight excluding hydrogens is 799 g/mol. The van der Waals surface area contributed by atoms with E-state index in [9.17, 15) is 13.2 Å². The van der Waals surface area contributed by atoms with Gasteiger partial charge in [0.15, 0.2) is 11.9 Å². The molecule has 0 fully saturated rings. The smallest absolute Gasteiger partial charge is 0.267 e. The van der Waals surface area contributed by atoms with Gasteiger partial charge in [0, 0.05) is 25.4 Å². The summed E-state index contributed by atoms with van der Waals surface area (Å²) in [5, 5.41) is 7.57. The van der Waals surface area contributed by atoms with Crippen LogP contribution in [0, 0.1) is 0 Å². The summed E-state index contributed by atoms with van der Waals surface area (Å²) in [6.07, 6.45) is 23.4. The lowest BCUT2D eigenvalue weighted by Crippen LogP contribution is -2.47. The Bertz CT molecular complexity index is 2080. The van der Waals surface area contributed by atoms with Crippen LogP contribution in [-0.4, -0.2) is 61.1 Å². The Hall–Kier alpha value is -4.84. The molecule has 11 nitrogen and oxygen atoms in total. The summed E-state index contributed by atoms with van der Waals surface area (Å²) in [5.41, 5.74) is 1.54. The van der Waals surface area contributed by atoms with Crippen molar-refractivity contribution in [1.29, 1.82) is 0 Å². The van der Waals surface area contributed by atoms with E-state index < -0.39 is 22.0 Å². The van der Waals surface area contributed by atoms with E-state index in [0.717, 1.165) is 36.3 Å². The van der Waals surface area contributed by atoms with Crippen molar-refractivity contribution in [3.05, 3.63) is 90.8 Å². The van der Waals surface area contributed by atoms with Gasteiger partial charge in [-0.2, -0.15) is 5.10 Å². The molecule has 62 heavy (non-hydrogen) atoms. The number of nitrogens with one attached hydrogen (secondary N) is 1. The molecule has 0 saturated carbocycles. The fraction of sp³-hybridized carbons (Fsp3) is 0.540. The highest BCUT2D eigenvalue weighted by molar-refractivity contribution is 7.90. The first-order chi connectivity index (χ1) is 30.0. The molecule has 1 aliphatic rings. The Morgan fingerprint density at radius 1 is 0.726 bits per heavy atom. The van der Waals surface area contributed by atoms with E-state index in [1.54, 1.807) is 49.8 Å². The lowest BCUT2D eigenvalue weighted by Gasteiger charge is -2.33. The summed E-state index contributed by atoms with van der Waals surface area (Å²) in [5.74, 6) is 1.60. The van der Waals surface area contributed by atoms with Crippen LogP contribution in [0.2, 0.25) is 0 Å². The zero-order valence-corrected chi connectivity index (χ0v) is 38.8. The summed E-state index contributed by atoms with van der Waals surface area (Å²) >= 11 is 0. The van der Waals surface area contributed by atoms with Gasteiger partial charge in [-0.1, -0.05) is 142 Å². The van der Waals surface area contributed by atoms with Gasteiger partial charge in [-0.05, 0) is 72.0 Å². The minimum Gasteiger partial charge on any atom is -0.497 e. The van der Waals surface area contributed by atoms with Crippen molar-refractivity contribution in [2.75, 3.05) is 32.2 Å². The zero-order valence-electron chi connectivity index (χ0n) is 37.9. The summed E-state index contributed by atoms with van der Waals surface area (Å²) in [4.78, 5) is 19.8. The highest BCUT2D eigenvalue weighted by atomic mass is 32.2. The van der Waals surface area contributed by atoms with Crippen molar-refractivity contribution >= 4 is 33.1 Å². The number of hydrogen-bond acceptors (Lipinski definition) is 8. The number of unbranched alkanes of at least 4 members (excludes halogenated alkanes) is 15. The summed E-state index contributed by atoms with van der Waals surface area (Å²) in [6.45, 7) is 9.55. The molecule has 1 N–H and O–H groups in total. The van der Waals surface area contributed by atoms with Gasteiger partial charge in [-0.25, -0.2) is 13.4 Å². The molecule has 338 valence electrons. The molecule has 3 aromatic carbocycles.